The number of nitrogens with zero attached hydrogens (tertiary/aromatic N) is 1. The Morgan fingerprint density at radius 1 is 1.43 bits per heavy atom. The molecule has 14 heavy (non-hydrogen) atoms. The van der Waals surface area contributed by atoms with E-state index in [9.17, 15) is 0 Å². The quantitative estimate of drug-likeness (QED) is 0.704. The molecule has 0 aromatic carbocycles. The highest BCUT2D eigenvalue weighted by molar-refractivity contribution is 5.44. The average Bonchev–Trinajstić information content (AvgIpc) is 2.19. The zero-order valence-corrected chi connectivity index (χ0v) is 9.01. The molecule has 0 saturated heterocycles. The van der Waals surface area contributed by atoms with Crippen LogP contribution in [-0.2, 0) is 6.54 Å². The molecule has 1 heterocycles. The van der Waals surface area contributed by atoms with Crippen molar-refractivity contribution in [1.82, 2.24) is 4.98 Å². The van der Waals surface area contributed by atoms with Gasteiger partial charge in [0.15, 0.2) is 0 Å². The maximum absolute atomic E-state index is 5.62. The Hall–Kier alpha value is -1.09. The number of nitrogens with two attached hydrogens (primary N) is 1. The molecule has 0 saturated carbocycles. The van der Waals surface area contributed by atoms with E-state index in [2.05, 4.69) is 17.2 Å². The summed E-state index contributed by atoms with van der Waals surface area (Å²) in [5.74, 6) is 0.945. The molecule has 3 heteroatoms. The highest BCUT2D eigenvalue weighted by Gasteiger charge is 2.01. The maximum atomic E-state index is 5.62. The molecule has 0 bridgehead atoms. The van der Waals surface area contributed by atoms with Crippen LogP contribution >= 0.6 is 0 Å². The maximum Gasteiger partial charge on any atom is 0.130 e. The van der Waals surface area contributed by atoms with Crippen LogP contribution in [0.4, 0.5) is 5.82 Å². The lowest BCUT2D eigenvalue weighted by Crippen LogP contribution is -2.09. The first-order valence-electron chi connectivity index (χ1n) is 5.18. The Morgan fingerprint density at radius 2 is 2.21 bits per heavy atom. The monoisotopic (exact) mass is 193 g/mol. The van der Waals surface area contributed by atoms with E-state index in [0.29, 0.717) is 6.54 Å². The summed E-state index contributed by atoms with van der Waals surface area (Å²) in [6.07, 6.45) is 2.36. The molecule has 0 unspecified atom stereocenters. The van der Waals surface area contributed by atoms with Gasteiger partial charge >= 0.3 is 0 Å². The van der Waals surface area contributed by atoms with Crippen molar-refractivity contribution in [2.45, 2.75) is 33.2 Å². The third-order valence-electron chi connectivity index (χ3n) is 2.16. The summed E-state index contributed by atoms with van der Waals surface area (Å²) in [6.45, 7) is 5.68. The van der Waals surface area contributed by atoms with Gasteiger partial charge in [-0.15, -0.1) is 0 Å². The van der Waals surface area contributed by atoms with Gasteiger partial charge in [0.05, 0.1) is 0 Å². The van der Waals surface area contributed by atoms with Crippen LogP contribution in [0.3, 0.4) is 0 Å². The van der Waals surface area contributed by atoms with Crippen molar-refractivity contribution in [3.8, 4) is 0 Å². The molecule has 1 aromatic heterocycles. The van der Waals surface area contributed by atoms with Crippen molar-refractivity contribution in [3.05, 3.63) is 23.4 Å². The number of pyridine rings is 1. The van der Waals surface area contributed by atoms with Crippen molar-refractivity contribution in [3.63, 3.8) is 0 Å². The minimum Gasteiger partial charge on any atom is -0.370 e. The summed E-state index contributed by atoms with van der Waals surface area (Å²) in [4.78, 5) is 4.42. The first-order valence-corrected chi connectivity index (χ1v) is 5.18. The predicted octanol–water partition coefficient (Wildman–Crippen LogP) is 2.06. The van der Waals surface area contributed by atoms with Gasteiger partial charge < -0.3 is 11.1 Å². The van der Waals surface area contributed by atoms with Crippen LogP contribution in [0.5, 0.6) is 0 Å². The van der Waals surface area contributed by atoms with Crippen molar-refractivity contribution < 1.29 is 0 Å². The second-order valence-corrected chi connectivity index (χ2v) is 3.44. The highest BCUT2D eigenvalue weighted by Crippen LogP contribution is 2.12. The van der Waals surface area contributed by atoms with Crippen LogP contribution in [0.1, 0.15) is 31.0 Å². The van der Waals surface area contributed by atoms with Gasteiger partial charge in [-0.05, 0) is 19.4 Å². The van der Waals surface area contributed by atoms with Gasteiger partial charge in [0.1, 0.15) is 5.82 Å². The molecule has 0 aliphatic heterocycles. The number of rotatable bonds is 5. The van der Waals surface area contributed by atoms with Crippen molar-refractivity contribution >= 4 is 5.82 Å². The lowest BCUT2D eigenvalue weighted by atomic mass is 10.2. The smallest absolute Gasteiger partial charge is 0.130 e. The molecule has 78 valence electrons. The number of anilines is 1. The van der Waals surface area contributed by atoms with Gasteiger partial charge in [0.2, 0.25) is 0 Å². The number of hydrogen-bond acceptors (Lipinski definition) is 3. The van der Waals surface area contributed by atoms with Gasteiger partial charge in [0, 0.05) is 24.3 Å². The number of hydrogen-bond donors (Lipinski definition) is 2. The topological polar surface area (TPSA) is 50.9 Å². The first-order chi connectivity index (χ1) is 6.77. The molecule has 0 aliphatic rings. The fraction of sp³-hybridized carbons (Fsp3) is 0.545. The van der Waals surface area contributed by atoms with Crippen LogP contribution in [0.15, 0.2) is 12.1 Å². The lowest BCUT2D eigenvalue weighted by molar-refractivity contribution is 0.827. The van der Waals surface area contributed by atoms with E-state index in [-0.39, 0.29) is 0 Å². The van der Waals surface area contributed by atoms with E-state index in [1.54, 1.807) is 0 Å². The van der Waals surface area contributed by atoms with Crippen LogP contribution < -0.4 is 11.1 Å². The van der Waals surface area contributed by atoms with Gasteiger partial charge in [-0.25, -0.2) is 4.98 Å². The fourth-order valence-electron chi connectivity index (χ4n) is 1.29. The van der Waals surface area contributed by atoms with Crippen molar-refractivity contribution in [2.24, 2.45) is 5.73 Å². The molecule has 0 aliphatic carbocycles. The van der Waals surface area contributed by atoms with E-state index < -0.39 is 0 Å². The van der Waals surface area contributed by atoms with Crippen LogP contribution in [0.25, 0.3) is 0 Å². The van der Waals surface area contributed by atoms with Crippen molar-refractivity contribution in [1.29, 1.82) is 0 Å². The number of aromatic nitrogens is 1. The second-order valence-electron chi connectivity index (χ2n) is 3.44. The molecule has 0 fully saturated rings. The Bertz CT molecular complexity index is 284. The van der Waals surface area contributed by atoms with E-state index in [1.165, 1.54) is 12.8 Å². The summed E-state index contributed by atoms with van der Waals surface area (Å²) in [5.41, 5.74) is 7.74. The third kappa shape index (κ3) is 3.00. The highest BCUT2D eigenvalue weighted by atomic mass is 15.0. The Morgan fingerprint density at radius 3 is 2.86 bits per heavy atom. The third-order valence-corrected chi connectivity index (χ3v) is 2.16. The fourth-order valence-corrected chi connectivity index (χ4v) is 1.29. The van der Waals surface area contributed by atoms with Crippen LogP contribution in [0, 0.1) is 6.92 Å². The lowest BCUT2D eigenvalue weighted by Gasteiger charge is -2.09. The first kappa shape index (κ1) is 11.0. The zero-order valence-electron chi connectivity index (χ0n) is 9.01. The van der Waals surface area contributed by atoms with Gasteiger partial charge in [-0.3, -0.25) is 0 Å². The van der Waals surface area contributed by atoms with Gasteiger partial charge in [-0.1, -0.05) is 19.4 Å². The predicted molar refractivity (Wildman–Crippen MR) is 60.3 cm³/mol. The summed E-state index contributed by atoms with van der Waals surface area (Å²) in [6, 6.07) is 4.03. The molecule has 0 radical (unpaired) electrons. The summed E-state index contributed by atoms with van der Waals surface area (Å²) < 4.78 is 0. The molecule has 3 N–H and O–H groups in total. The molecule has 0 spiro atoms. The van der Waals surface area contributed by atoms with E-state index in [1.807, 2.05) is 19.1 Å². The molecule has 1 aromatic rings. The molecular formula is C11H19N3. The van der Waals surface area contributed by atoms with Crippen LogP contribution in [-0.4, -0.2) is 11.5 Å². The summed E-state index contributed by atoms with van der Waals surface area (Å²) in [7, 11) is 0. The molecule has 0 atom stereocenters. The zero-order chi connectivity index (χ0) is 10.4. The Balaban J connectivity index is 2.67. The second kappa shape index (κ2) is 5.60. The van der Waals surface area contributed by atoms with E-state index >= 15 is 0 Å². The van der Waals surface area contributed by atoms with E-state index in [4.69, 9.17) is 5.73 Å². The summed E-state index contributed by atoms with van der Waals surface area (Å²) >= 11 is 0. The molecule has 1 rings (SSSR count). The van der Waals surface area contributed by atoms with Gasteiger partial charge in [-0.2, -0.15) is 0 Å². The SMILES string of the molecule is CCCCNc1nc(C)ccc1CN. The average molecular weight is 193 g/mol. The molecule has 3 nitrogen and oxygen atoms in total. The van der Waals surface area contributed by atoms with Crippen LogP contribution in [0.2, 0.25) is 0 Å². The Labute approximate surface area is 85.7 Å². The van der Waals surface area contributed by atoms with Gasteiger partial charge in [0.25, 0.3) is 0 Å². The number of nitrogens with one attached hydrogen (secondary N) is 1. The summed E-state index contributed by atoms with van der Waals surface area (Å²) in [5, 5.41) is 3.31. The minimum absolute atomic E-state index is 0.543. The Kier molecular flexibility index (Phi) is 4.40. The minimum atomic E-state index is 0.543. The normalized spacial score (nSPS) is 10.2. The number of unbranched alkanes of at least 4 members (excludes halogenated alkanes) is 1. The molecular weight excluding hydrogens is 174 g/mol. The molecule has 0 amide bonds. The largest absolute Gasteiger partial charge is 0.370 e. The van der Waals surface area contributed by atoms with Crippen molar-refractivity contribution in [2.75, 3.05) is 11.9 Å². The van der Waals surface area contributed by atoms with E-state index in [0.717, 1.165) is 23.6 Å². The standard InChI is InChI=1S/C11H19N3/c1-3-4-7-13-11-10(8-12)6-5-9(2)14-11/h5-6H,3-4,7-8,12H2,1-2H3,(H,13,14). The number of aryl methyl sites for hydroxylation is 1.